The van der Waals surface area contributed by atoms with Crippen molar-refractivity contribution in [2.24, 2.45) is 0 Å². The van der Waals surface area contributed by atoms with Crippen molar-refractivity contribution in [1.82, 2.24) is 5.32 Å². The molecule has 0 amide bonds. The van der Waals surface area contributed by atoms with E-state index in [9.17, 15) is 0 Å². The first-order valence-corrected chi connectivity index (χ1v) is 7.04. The number of aryl methyl sites for hydroxylation is 2. The van der Waals surface area contributed by atoms with Gasteiger partial charge in [-0.15, -0.1) is 0 Å². The quantitative estimate of drug-likeness (QED) is 0.878. The number of hydrogen-bond acceptors (Lipinski definition) is 2. The van der Waals surface area contributed by atoms with Gasteiger partial charge in [0.1, 0.15) is 0 Å². The van der Waals surface area contributed by atoms with E-state index in [2.05, 4.69) is 49.3 Å². The van der Waals surface area contributed by atoms with E-state index in [1.165, 1.54) is 31.4 Å². The summed E-state index contributed by atoms with van der Waals surface area (Å²) in [6.07, 6.45) is 5.23. The van der Waals surface area contributed by atoms with Gasteiger partial charge in [0.15, 0.2) is 0 Å². The molecule has 0 heterocycles. The molecule has 0 atom stereocenters. The first kappa shape index (κ1) is 13.4. The van der Waals surface area contributed by atoms with Gasteiger partial charge in [0.25, 0.3) is 0 Å². The van der Waals surface area contributed by atoms with E-state index in [4.69, 9.17) is 0 Å². The minimum atomic E-state index is 0.144. The van der Waals surface area contributed by atoms with Crippen LogP contribution in [0.25, 0.3) is 0 Å². The summed E-state index contributed by atoms with van der Waals surface area (Å²) in [7, 11) is 4.21. The van der Waals surface area contributed by atoms with Gasteiger partial charge in [-0.25, -0.2) is 0 Å². The molecule has 0 aliphatic heterocycles. The van der Waals surface area contributed by atoms with Crippen LogP contribution < -0.4 is 10.2 Å². The lowest BCUT2D eigenvalue weighted by Crippen LogP contribution is -2.46. The van der Waals surface area contributed by atoms with E-state index in [-0.39, 0.29) is 5.54 Å². The van der Waals surface area contributed by atoms with E-state index in [0.29, 0.717) is 0 Å². The largest absolute Gasteiger partial charge is 0.373 e. The summed E-state index contributed by atoms with van der Waals surface area (Å²) in [6.45, 7) is 5.49. The first-order chi connectivity index (χ1) is 8.52. The minimum absolute atomic E-state index is 0.144. The highest BCUT2D eigenvalue weighted by Gasteiger charge is 2.18. The molecule has 0 unspecified atom stereocenters. The average molecular weight is 246 g/mol. The van der Waals surface area contributed by atoms with Gasteiger partial charge < -0.3 is 10.2 Å². The Bertz CT molecular complexity index is 410. The van der Waals surface area contributed by atoms with Gasteiger partial charge in [-0.1, -0.05) is 6.07 Å². The smallest absolute Gasteiger partial charge is 0.0367 e. The Kier molecular flexibility index (Phi) is 3.96. The molecule has 1 aromatic carbocycles. The second kappa shape index (κ2) is 5.31. The van der Waals surface area contributed by atoms with Crippen LogP contribution >= 0.6 is 0 Å². The van der Waals surface area contributed by atoms with Crippen molar-refractivity contribution in [1.29, 1.82) is 0 Å². The number of rotatable bonds is 4. The summed E-state index contributed by atoms with van der Waals surface area (Å²) in [4.78, 5) is 2.35. The van der Waals surface area contributed by atoms with Gasteiger partial charge in [0.2, 0.25) is 0 Å². The predicted octanol–water partition coefficient (Wildman–Crippen LogP) is 3.00. The number of nitrogens with one attached hydrogen (secondary N) is 1. The maximum Gasteiger partial charge on any atom is 0.0367 e. The molecular weight excluding hydrogens is 220 g/mol. The van der Waals surface area contributed by atoms with Crippen molar-refractivity contribution >= 4 is 5.69 Å². The van der Waals surface area contributed by atoms with Crippen LogP contribution in [0.2, 0.25) is 0 Å². The van der Waals surface area contributed by atoms with Crippen LogP contribution in [0.1, 0.15) is 37.8 Å². The van der Waals surface area contributed by atoms with Crippen molar-refractivity contribution in [3.05, 3.63) is 29.3 Å². The highest BCUT2D eigenvalue weighted by molar-refractivity contribution is 5.51. The number of likely N-dealkylation sites (N-methyl/N-ethyl adjacent to an activating group) is 2. The normalized spacial score (nSPS) is 15.3. The van der Waals surface area contributed by atoms with Crippen LogP contribution in [0.5, 0.6) is 0 Å². The summed E-state index contributed by atoms with van der Waals surface area (Å²) < 4.78 is 0. The lowest BCUT2D eigenvalue weighted by atomic mass is 9.91. The van der Waals surface area contributed by atoms with Crippen molar-refractivity contribution in [2.45, 2.75) is 45.1 Å². The van der Waals surface area contributed by atoms with Crippen molar-refractivity contribution in [3.63, 3.8) is 0 Å². The second-order valence-electron chi connectivity index (χ2n) is 6.15. The Hall–Kier alpha value is -1.02. The molecule has 2 nitrogen and oxygen atoms in total. The molecule has 1 aliphatic carbocycles. The maximum atomic E-state index is 3.36. The molecule has 1 N–H and O–H groups in total. The van der Waals surface area contributed by atoms with E-state index in [0.717, 1.165) is 6.54 Å². The standard InChI is InChI=1S/C16H26N2/c1-16(2,17-3)12-18(4)15-10-9-13-7-5-6-8-14(13)11-15/h9-11,17H,5-8,12H2,1-4H3. The fourth-order valence-electron chi connectivity index (χ4n) is 2.72. The zero-order valence-corrected chi connectivity index (χ0v) is 12.2. The van der Waals surface area contributed by atoms with Gasteiger partial charge in [-0.2, -0.15) is 0 Å². The van der Waals surface area contributed by atoms with Crippen LogP contribution in [0.4, 0.5) is 5.69 Å². The number of hydrogen-bond donors (Lipinski definition) is 1. The average Bonchev–Trinajstić information content (AvgIpc) is 2.37. The van der Waals surface area contributed by atoms with E-state index >= 15 is 0 Å². The molecule has 1 aliphatic rings. The Balaban J connectivity index is 2.13. The molecule has 0 saturated heterocycles. The molecule has 0 fully saturated rings. The number of benzene rings is 1. The summed E-state index contributed by atoms with van der Waals surface area (Å²) in [5.41, 5.74) is 4.61. The molecule has 100 valence electrons. The van der Waals surface area contributed by atoms with Crippen molar-refractivity contribution in [3.8, 4) is 0 Å². The topological polar surface area (TPSA) is 15.3 Å². The van der Waals surface area contributed by atoms with Crippen LogP contribution in [0, 0.1) is 0 Å². The molecule has 0 saturated carbocycles. The van der Waals surface area contributed by atoms with Crippen molar-refractivity contribution in [2.75, 3.05) is 25.5 Å². The van der Waals surface area contributed by atoms with Crippen LogP contribution in [-0.2, 0) is 12.8 Å². The van der Waals surface area contributed by atoms with Gasteiger partial charge in [0, 0.05) is 24.8 Å². The predicted molar refractivity (Wildman–Crippen MR) is 79.5 cm³/mol. The van der Waals surface area contributed by atoms with Crippen LogP contribution in [0.15, 0.2) is 18.2 Å². The van der Waals surface area contributed by atoms with Crippen LogP contribution in [0.3, 0.4) is 0 Å². The van der Waals surface area contributed by atoms with Gasteiger partial charge in [-0.05, 0) is 69.8 Å². The summed E-state index contributed by atoms with van der Waals surface area (Å²) in [6, 6.07) is 6.99. The molecular formula is C16H26N2. The molecule has 2 heteroatoms. The van der Waals surface area contributed by atoms with E-state index < -0.39 is 0 Å². The van der Waals surface area contributed by atoms with E-state index in [1.54, 1.807) is 11.1 Å². The molecule has 2 rings (SSSR count). The Morgan fingerprint density at radius 1 is 1.17 bits per heavy atom. The highest BCUT2D eigenvalue weighted by Crippen LogP contribution is 2.26. The Morgan fingerprint density at radius 3 is 2.50 bits per heavy atom. The molecule has 0 radical (unpaired) electrons. The fraction of sp³-hybridized carbons (Fsp3) is 0.625. The monoisotopic (exact) mass is 246 g/mol. The van der Waals surface area contributed by atoms with E-state index in [1.807, 2.05) is 7.05 Å². The fourth-order valence-corrected chi connectivity index (χ4v) is 2.72. The first-order valence-electron chi connectivity index (χ1n) is 7.04. The SMILES string of the molecule is CNC(C)(C)CN(C)c1ccc2c(c1)CCCC2. The maximum absolute atomic E-state index is 3.36. The van der Waals surface area contributed by atoms with Crippen molar-refractivity contribution < 1.29 is 0 Å². The minimum Gasteiger partial charge on any atom is -0.373 e. The molecule has 1 aromatic rings. The third-order valence-electron chi connectivity index (χ3n) is 4.08. The van der Waals surface area contributed by atoms with Crippen LogP contribution in [-0.4, -0.2) is 26.2 Å². The van der Waals surface area contributed by atoms with Gasteiger partial charge in [-0.3, -0.25) is 0 Å². The molecule has 0 bridgehead atoms. The summed E-state index contributed by atoms with van der Waals surface area (Å²) in [5, 5.41) is 3.36. The summed E-state index contributed by atoms with van der Waals surface area (Å²) in [5.74, 6) is 0. The third-order valence-corrected chi connectivity index (χ3v) is 4.08. The van der Waals surface area contributed by atoms with Gasteiger partial charge >= 0.3 is 0 Å². The lowest BCUT2D eigenvalue weighted by Gasteiger charge is -2.32. The molecule has 0 aromatic heterocycles. The Morgan fingerprint density at radius 2 is 1.83 bits per heavy atom. The lowest BCUT2D eigenvalue weighted by molar-refractivity contribution is 0.428. The zero-order chi connectivity index (χ0) is 13.2. The third kappa shape index (κ3) is 3.05. The zero-order valence-electron chi connectivity index (χ0n) is 12.2. The molecule has 0 spiro atoms. The van der Waals surface area contributed by atoms with Gasteiger partial charge in [0.05, 0.1) is 0 Å². The number of nitrogens with zero attached hydrogens (tertiary/aromatic N) is 1. The highest BCUT2D eigenvalue weighted by atomic mass is 15.1. The molecule has 18 heavy (non-hydrogen) atoms. The summed E-state index contributed by atoms with van der Waals surface area (Å²) >= 11 is 0. The number of fused-ring (bicyclic) bond motifs is 1. The Labute approximate surface area is 111 Å². The number of anilines is 1. The second-order valence-corrected chi connectivity index (χ2v) is 6.15.